The van der Waals surface area contributed by atoms with Crippen LogP contribution in [0, 0.1) is 13.8 Å². The molecule has 2 aromatic heterocycles. The summed E-state index contributed by atoms with van der Waals surface area (Å²) in [6.07, 6.45) is 3.87. The number of aromatic nitrogens is 2. The van der Waals surface area contributed by atoms with Crippen LogP contribution in [0.2, 0.25) is 0 Å². The van der Waals surface area contributed by atoms with E-state index in [0.29, 0.717) is 0 Å². The number of fused-ring (bicyclic) bond motifs is 10. The summed E-state index contributed by atoms with van der Waals surface area (Å²) >= 11 is 0. The Labute approximate surface area is 242 Å². The summed E-state index contributed by atoms with van der Waals surface area (Å²) in [4.78, 5) is 9.75. The number of pyridine rings is 2. The lowest BCUT2D eigenvalue weighted by molar-refractivity contribution is 1.34. The van der Waals surface area contributed by atoms with E-state index in [0.717, 1.165) is 11.2 Å². The molecule has 2 heteroatoms. The Hall–Kier alpha value is -5.34. The smallest absolute Gasteiger partial charge is 0.0787 e. The Kier molecular flexibility index (Phi) is 4.09. The molecule has 0 spiro atoms. The first kappa shape index (κ1) is 22.4. The van der Waals surface area contributed by atoms with Gasteiger partial charge in [0.1, 0.15) is 0 Å². The summed E-state index contributed by atoms with van der Waals surface area (Å²) in [6.45, 7) is 4.41. The maximum Gasteiger partial charge on any atom is 0.0787 e. The number of nitrogens with zero attached hydrogens (tertiary/aromatic N) is 2. The fraction of sp³-hybridized carbons (Fsp3) is 0.0500. The fourth-order valence-electron chi connectivity index (χ4n) is 7.79. The molecule has 0 N–H and O–H groups in total. The van der Waals surface area contributed by atoms with E-state index in [9.17, 15) is 0 Å². The summed E-state index contributed by atoms with van der Waals surface area (Å²) in [5, 5.41) is 8.99. The highest BCUT2D eigenvalue weighted by Gasteiger charge is 2.27. The van der Waals surface area contributed by atoms with Crippen molar-refractivity contribution in [1.29, 1.82) is 0 Å². The van der Waals surface area contributed by atoms with E-state index in [1.165, 1.54) is 98.9 Å². The van der Waals surface area contributed by atoms with E-state index < -0.39 is 0 Å². The normalized spacial score (nSPS) is 12.5. The second-order valence-electron chi connectivity index (χ2n) is 11.9. The van der Waals surface area contributed by atoms with Crippen molar-refractivity contribution in [3.05, 3.63) is 121 Å². The Morgan fingerprint density at radius 2 is 1.24 bits per heavy atom. The third-order valence-electron chi connectivity index (χ3n) is 9.59. The van der Waals surface area contributed by atoms with E-state index in [-0.39, 0.29) is 0 Å². The van der Waals surface area contributed by atoms with E-state index in [1.54, 1.807) is 0 Å². The molecule has 0 atom stereocenters. The first-order valence-electron chi connectivity index (χ1n) is 14.6. The van der Waals surface area contributed by atoms with Crippen molar-refractivity contribution >= 4 is 43.2 Å². The van der Waals surface area contributed by atoms with Gasteiger partial charge in [-0.2, -0.15) is 0 Å². The first-order chi connectivity index (χ1) is 20.7. The van der Waals surface area contributed by atoms with Gasteiger partial charge < -0.3 is 0 Å². The quantitative estimate of drug-likeness (QED) is 0.197. The van der Waals surface area contributed by atoms with Crippen molar-refractivity contribution in [2.45, 2.75) is 13.8 Å². The molecule has 2 heterocycles. The summed E-state index contributed by atoms with van der Waals surface area (Å²) in [5.74, 6) is 0. The van der Waals surface area contributed by atoms with Crippen molar-refractivity contribution < 1.29 is 0 Å². The predicted octanol–water partition coefficient (Wildman–Crippen LogP) is 10.7. The molecule has 2 nitrogen and oxygen atoms in total. The van der Waals surface area contributed by atoms with Gasteiger partial charge in [-0.25, -0.2) is 0 Å². The molecule has 0 unspecified atom stereocenters. The summed E-state index contributed by atoms with van der Waals surface area (Å²) in [6, 6.07) is 36.2. The molecule has 2 aliphatic carbocycles. The molecular weight excluding hydrogens is 508 g/mol. The molecule has 2 aliphatic rings. The summed E-state index contributed by atoms with van der Waals surface area (Å²) in [7, 11) is 0. The lowest BCUT2D eigenvalue weighted by Crippen LogP contribution is -1.90. The third kappa shape index (κ3) is 2.70. The zero-order valence-corrected chi connectivity index (χ0v) is 23.3. The van der Waals surface area contributed by atoms with Crippen LogP contribution in [0.15, 0.2) is 109 Å². The maximum atomic E-state index is 4.88. The standard InChI is InChI=1S/C40H24N2/c1-21-9-11-26-31(16-21)30(23-17-34-25-7-4-3-6-24(25)28-13-15-41-36(18-23)38(28)34)19-33-27-12-10-22(2)37-29-8-5-14-42-40(29)35(39(27)37)20-32(26)33/h3-20H,1-2H3. The first-order valence-corrected chi connectivity index (χ1v) is 14.6. The summed E-state index contributed by atoms with van der Waals surface area (Å²) in [5.41, 5.74) is 16.1. The summed E-state index contributed by atoms with van der Waals surface area (Å²) < 4.78 is 0. The van der Waals surface area contributed by atoms with Crippen LogP contribution in [0.1, 0.15) is 11.1 Å². The molecule has 8 aromatic rings. The zero-order chi connectivity index (χ0) is 27.7. The molecule has 0 aliphatic heterocycles. The average molecular weight is 533 g/mol. The second kappa shape index (κ2) is 7.69. The van der Waals surface area contributed by atoms with E-state index >= 15 is 0 Å². The fourth-order valence-corrected chi connectivity index (χ4v) is 7.79. The molecule has 194 valence electrons. The zero-order valence-electron chi connectivity index (χ0n) is 23.3. The lowest BCUT2D eigenvalue weighted by atomic mass is 9.87. The maximum absolute atomic E-state index is 4.88. The third-order valence-corrected chi connectivity index (χ3v) is 9.59. The topological polar surface area (TPSA) is 25.8 Å². The molecule has 0 radical (unpaired) electrons. The van der Waals surface area contributed by atoms with Gasteiger partial charge in [0, 0.05) is 28.9 Å². The molecule has 0 saturated carbocycles. The highest BCUT2D eigenvalue weighted by atomic mass is 14.7. The highest BCUT2D eigenvalue weighted by Crippen LogP contribution is 2.52. The molecule has 0 amide bonds. The van der Waals surface area contributed by atoms with Gasteiger partial charge in [-0.1, -0.05) is 66.2 Å². The number of benzene rings is 6. The van der Waals surface area contributed by atoms with Crippen LogP contribution in [0.5, 0.6) is 0 Å². The van der Waals surface area contributed by atoms with Crippen LogP contribution in [0.3, 0.4) is 0 Å². The van der Waals surface area contributed by atoms with Crippen molar-refractivity contribution in [3.63, 3.8) is 0 Å². The van der Waals surface area contributed by atoms with Gasteiger partial charge in [-0.3, -0.25) is 9.97 Å². The molecule has 6 aromatic carbocycles. The highest BCUT2D eigenvalue weighted by molar-refractivity contribution is 6.29. The van der Waals surface area contributed by atoms with Crippen LogP contribution >= 0.6 is 0 Å². The van der Waals surface area contributed by atoms with Gasteiger partial charge in [0.15, 0.2) is 0 Å². The minimum absolute atomic E-state index is 1.05. The van der Waals surface area contributed by atoms with E-state index in [4.69, 9.17) is 9.97 Å². The minimum atomic E-state index is 1.05. The number of hydrogen-bond acceptors (Lipinski definition) is 2. The van der Waals surface area contributed by atoms with E-state index in [1.807, 2.05) is 12.4 Å². The van der Waals surface area contributed by atoms with Crippen LogP contribution in [-0.2, 0) is 0 Å². The number of aryl methyl sites for hydroxylation is 2. The second-order valence-corrected chi connectivity index (χ2v) is 11.9. The molecule has 0 fully saturated rings. The van der Waals surface area contributed by atoms with Crippen LogP contribution in [0.25, 0.3) is 99.0 Å². The largest absolute Gasteiger partial charge is 0.256 e. The van der Waals surface area contributed by atoms with Crippen LogP contribution < -0.4 is 0 Å². The minimum Gasteiger partial charge on any atom is -0.256 e. The number of hydrogen-bond donors (Lipinski definition) is 0. The van der Waals surface area contributed by atoms with Crippen molar-refractivity contribution in [1.82, 2.24) is 9.97 Å². The molecule has 0 bridgehead atoms. The SMILES string of the molecule is Cc1ccc2c(c1)c(-c1cc3c4c(ccnc4c1)-c1ccccc1-3)cc1c3ccc(C)c4c3c(cc21)-c1ncccc1-4. The van der Waals surface area contributed by atoms with Crippen LogP contribution in [0.4, 0.5) is 0 Å². The molecule has 10 rings (SSSR count). The van der Waals surface area contributed by atoms with Crippen LogP contribution in [-0.4, -0.2) is 9.97 Å². The molecule has 42 heavy (non-hydrogen) atoms. The molecule has 0 saturated heterocycles. The Morgan fingerprint density at radius 1 is 0.452 bits per heavy atom. The number of rotatable bonds is 1. The van der Waals surface area contributed by atoms with E-state index in [2.05, 4.69) is 111 Å². The van der Waals surface area contributed by atoms with Gasteiger partial charge in [0.05, 0.1) is 11.2 Å². The predicted molar refractivity (Wildman–Crippen MR) is 176 cm³/mol. The Balaban J connectivity index is 1.36. The lowest BCUT2D eigenvalue weighted by Gasteiger charge is -2.16. The van der Waals surface area contributed by atoms with Gasteiger partial charge in [-0.05, 0) is 127 Å². The van der Waals surface area contributed by atoms with Gasteiger partial charge >= 0.3 is 0 Å². The van der Waals surface area contributed by atoms with Crippen molar-refractivity contribution in [2.24, 2.45) is 0 Å². The Morgan fingerprint density at radius 3 is 2.14 bits per heavy atom. The molecular formula is C40H24N2. The average Bonchev–Trinajstić information content (AvgIpc) is 3.53. The van der Waals surface area contributed by atoms with Gasteiger partial charge in [0.25, 0.3) is 0 Å². The Bertz CT molecular complexity index is 2540. The van der Waals surface area contributed by atoms with Crippen molar-refractivity contribution in [3.8, 4) is 55.8 Å². The van der Waals surface area contributed by atoms with Gasteiger partial charge in [-0.15, -0.1) is 0 Å². The monoisotopic (exact) mass is 532 g/mol. The van der Waals surface area contributed by atoms with Crippen molar-refractivity contribution in [2.75, 3.05) is 0 Å². The van der Waals surface area contributed by atoms with Gasteiger partial charge in [0.2, 0.25) is 0 Å².